The highest BCUT2D eigenvalue weighted by atomic mass is 16.2. The Morgan fingerprint density at radius 2 is 1.86 bits per heavy atom. The first kappa shape index (κ1) is 15.5. The molecule has 0 radical (unpaired) electrons. The van der Waals surface area contributed by atoms with Gasteiger partial charge in [-0.3, -0.25) is 14.4 Å². The number of carbonyl (C=O) groups is 1. The molecule has 0 unspecified atom stereocenters. The first-order valence-electron chi connectivity index (χ1n) is 8.64. The van der Waals surface area contributed by atoms with Gasteiger partial charge in [-0.1, -0.05) is 13.3 Å². The van der Waals surface area contributed by atoms with Crippen LogP contribution in [0.15, 0.2) is 0 Å². The minimum atomic E-state index is 0.210. The van der Waals surface area contributed by atoms with Crippen molar-refractivity contribution in [3.8, 4) is 0 Å². The molecule has 0 spiro atoms. The van der Waals surface area contributed by atoms with Crippen molar-refractivity contribution in [1.82, 2.24) is 19.6 Å². The molecule has 1 aromatic rings. The predicted octanol–water partition coefficient (Wildman–Crippen LogP) is 1.76. The van der Waals surface area contributed by atoms with Crippen LogP contribution in [0.3, 0.4) is 0 Å². The molecule has 3 rings (SSSR count). The first-order valence-corrected chi connectivity index (χ1v) is 8.64. The van der Waals surface area contributed by atoms with Crippen LogP contribution in [0.1, 0.15) is 43.1 Å². The lowest BCUT2D eigenvalue weighted by atomic mass is 10.0. The highest BCUT2D eigenvalue weighted by Gasteiger charge is 2.35. The fraction of sp³-hybridized carbons (Fsp3) is 0.765. The van der Waals surface area contributed by atoms with E-state index in [1.807, 2.05) is 16.5 Å². The van der Waals surface area contributed by atoms with E-state index in [1.165, 1.54) is 37.9 Å². The SMILES string of the molecule is CCc1c(C)nn(CC(=O)N2CC(N3CCCCC3)C2)c1C. The Morgan fingerprint density at radius 1 is 1.18 bits per heavy atom. The average Bonchev–Trinajstić information content (AvgIpc) is 2.72. The van der Waals surface area contributed by atoms with Gasteiger partial charge < -0.3 is 4.90 Å². The molecule has 0 bridgehead atoms. The molecule has 1 amide bonds. The summed E-state index contributed by atoms with van der Waals surface area (Å²) in [6.07, 6.45) is 4.97. The molecule has 2 fully saturated rings. The molecular weight excluding hydrogens is 276 g/mol. The molecule has 0 saturated carbocycles. The maximum atomic E-state index is 12.4. The van der Waals surface area contributed by atoms with Crippen molar-refractivity contribution in [2.24, 2.45) is 0 Å². The van der Waals surface area contributed by atoms with Gasteiger partial charge in [0.05, 0.1) is 5.69 Å². The summed E-state index contributed by atoms with van der Waals surface area (Å²) in [5.41, 5.74) is 3.48. The van der Waals surface area contributed by atoms with Crippen LogP contribution in [-0.2, 0) is 17.8 Å². The summed E-state index contributed by atoms with van der Waals surface area (Å²) in [5, 5.41) is 4.53. The Labute approximate surface area is 133 Å². The van der Waals surface area contributed by atoms with Gasteiger partial charge in [-0.05, 0) is 51.8 Å². The third-order valence-corrected chi connectivity index (χ3v) is 5.29. The van der Waals surface area contributed by atoms with Crippen molar-refractivity contribution in [1.29, 1.82) is 0 Å². The van der Waals surface area contributed by atoms with Crippen LogP contribution in [0.5, 0.6) is 0 Å². The smallest absolute Gasteiger partial charge is 0.244 e. The van der Waals surface area contributed by atoms with Crippen LogP contribution in [0.25, 0.3) is 0 Å². The Kier molecular flexibility index (Phi) is 4.52. The molecule has 0 atom stereocenters. The third kappa shape index (κ3) is 2.91. The third-order valence-electron chi connectivity index (χ3n) is 5.29. The molecular formula is C17H28N4O. The van der Waals surface area contributed by atoms with E-state index in [2.05, 4.69) is 23.8 Å². The Balaban J connectivity index is 1.53. The van der Waals surface area contributed by atoms with Crippen molar-refractivity contribution in [2.75, 3.05) is 26.2 Å². The molecule has 0 aliphatic carbocycles. The number of amides is 1. The van der Waals surface area contributed by atoms with Crippen molar-refractivity contribution < 1.29 is 4.79 Å². The maximum absolute atomic E-state index is 12.4. The second-order valence-corrected chi connectivity index (χ2v) is 6.71. The van der Waals surface area contributed by atoms with Crippen molar-refractivity contribution >= 4 is 5.91 Å². The summed E-state index contributed by atoms with van der Waals surface area (Å²) in [4.78, 5) is 17.0. The van der Waals surface area contributed by atoms with Crippen LogP contribution < -0.4 is 0 Å². The predicted molar refractivity (Wildman–Crippen MR) is 86.9 cm³/mol. The maximum Gasteiger partial charge on any atom is 0.244 e. The molecule has 5 nitrogen and oxygen atoms in total. The molecule has 2 saturated heterocycles. The molecule has 2 aliphatic heterocycles. The first-order chi connectivity index (χ1) is 10.6. The zero-order valence-electron chi connectivity index (χ0n) is 14.1. The summed E-state index contributed by atoms with van der Waals surface area (Å²) in [6.45, 7) is 10.9. The number of rotatable bonds is 4. The van der Waals surface area contributed by atoms with Gasteiger partial charge >= 0.3 is 0 Å². The number of carbonyl (C=O) groups excluding carboxylic acids is 1. The molecule has 5 heteroatoms. The molecule has 122 valence electrons. The van der Waals surface area contributed by atoms with E-state index in [-0.39, 0.29) is 5.91 Å². The number of piperidine rings is 1. The van der Waals surface area contributed by atoms with Crippen LogP contribution in [0.4, 0.5) is 0 Å². The number of aryl methyl sites for hydroxylation is 1. The van der Waals surface area contributed by atoms with E-state index >= 15 is 0 Å². The van der Waals surface area contributed by atoms with Gasteiger partial charge in [0, 0.05) is 24.8 Å². The minimum absolute atomic E-state index is 0.210. The molecule has 0 N–H and O–H groups in total. The molecule has 0 aromatic carbocycles. The summed E-state index contributed by atoms with van der Waals surface area (Å²) in [5.74, 6) is 0.210. The van der Waals surface area contributed by atoms with Gasteiger partial charge in [0.2, 0.25) is 5.91 Å². The normalized spacial score (nSPS) is 20.2. The average molecular weight is 304 g/mol. The molecule has 22 heavy (non-hydrogen) atoms. The van der Waals surface area contributed by atoms with Crippen LogP contribution >= 0.6 is 0 Å². The molecule has 2 aliphatic rings. The monoisotopic (exact) mass is 304 g/mol. The topological polar surface area (TPSA) is 41.4 Å². The molecule has 3 heterocycles. The fourth-order valence-electron chi connectivity index (χ4n) is 3.80. The van der Waals surface area contributed by atoms with E-state index in [4.69, 9.17) is 0 Å². The van der Waals surface area contributed by atoms with Crippen molar-refractivity contribution in [2.45, 2.75) is 59.0 Å². The van der Waals surface area contributed by atoms with E-state index in [0.717, 1.165) is 30.9 Å². The highest BCUT2D eigenvalue weighted by molar-refractivity contribution is 5.77. The van der Waals surface area contributed by atoms with E-state index < -0.39 is 0 Å². The highest BCUT2D eigenvalue weighted by Crippen LogP contribution is 2.21. The minimum Gasteiger partial charge on any atom is -0.338 e. The second kappa shape index (κ2) is 6.41. The summed E-state index contributed by atoms with van der Waals surface area (Å²) in [6, 6.07) is 0.593. The van der Waals surface area contributed by atoms with Gasteiger partial charge in [-0.2, -0.15) is 5.10 Å². The lowest BCUT2D eigenvalue weighted by Gasteiger charge is -2.46. The number of nitrogens with zero attached hydrogens (tertiary/aromatic N) is 4. The van der Waals surface area contributed by atoms with Gasteiger partial charge in [0.15, 0.2) is 0 Å². The van der Waals surface area contributed by atoms with E-state index in [9.17, 15) is 4.79 Å². The summed E-state index contributed by atoms with van der Waals surface area (Å²) < 4.78 is 1.88. The lowest BCUT2D eigenvalue weighted by Crippen LogP contribution is -2.62. The van der Waals surface area contributed by atoms with Crippen LogP contribution in [0, 0.1) is 13.8 Å². The summed E-state index contributed by atoms with van der Waals surface area (Å²) >= 11 is 0. The molecule has 1 aromatic heterocycles. The lowest BCUT2D eigenvalue weighted by molar-refractivity contribution is -0.139. The zero-order chi connectivity index (χ0) is 15.7. The Bertz CT molecular complexity index is 539. The quantitative estimate of drug-likeness (QED) is 0.851. The van der Waals surface area contributed by atoms with Gasteiger partial charge in [0.1, 0.15) is 6.54 Å². The van der Waals surface area contributed by atoms with Crippen molar-refractivity contribution in [3.63, 3.8) is 0 Å². The standard InChI is InChI=1S/C17H28N4O/c1-4-16-13(2)18-21(14(16)3)12-17(22)20-10-15(11-20)19-8-6-5-7-9-19/h15H,4-12H2,1-3H3. The van der Waals surface area contributed by atoms with Gasteiger partial charge in [-0.25, -0.2) is 0 Å². The van der Waals surface area contributed by atoms with Gasteiger partial charge in [-0.15, -0.1) is 0 Å². The second-order valence-electron chi connectivity index (χ2n) is 6.71. The van der Waals surface area contributed by atoms with Crippen molar-refractivity contribution in [3.05, 3.63) is 17.0 Å². The Morgan fingerprint density at radius 3 is 2.45 bits per heavy atom. The van der Waals surface area contributed by atoms with Crippen LogP contribution in [0.2, 0.25) is 0 Å². The largest absolute Gasteiger partial charge is 0.338 e. The number of hydrogen-bond donors (Lipinski definition) is 0. The van der Waals surface area contributed by atoms with Gasteiger partial charge in [0.25, 0.3) is 0 Å². The number of aromatic nitrogens is 2. The fourth-order valence-corrected chi connectivity index (χ4v) is 3.80. The Hall–Kier alpha value is -1.36. The van der Waals surface area contributed by atoms with E-state index in [1.54, 1.807) is 0 Å². The number of likely N-dealkylation sites (tertiary alicyclic amines) is 2. The summed E-state index contributed by atoms with van der Waals surface area (Å²) in [7, 11) is 0. The van der Waals surface area contributed by atoms with E-state index in [0.29, 0.717) is 12.6 Å². The zero-order valence-corrected chi connectivity index (χ0v) is 14.1. The van der Waals surface area contributed by atoms with Crippen LogP contribution in [-0.4, -0.2) is 57.7 Å². The number of hydrogen-bond acceptors (Lipinski definition) is 3.